The predicted octanol–water partition coefficient (Wildman–Crippen LogP) is -8.57. The van der Waals surface area contributed by atoms with Crippen LogP contribution < -0.4 is 68.9 Å². The molecule has 0 fully saturated rings. The normalized spacial score (nSPS) is 9.10. The standard InChI is InChI=1S/C2H5O5P.2Na/c3-1-2(4)8(5,6)7;;/h3H,1H2,(H2,5,6,7);;/q;2*+1/p-2. The first-order valence-electron chi connectivity index (χ1n) is 1.65. The molecule has 0 aromatic heterocycles. The van der Waals surface area contributed by atoms with Crippen molar-refractivity contribution in [2.24, 2.45) is 0 Å². The van der Waals surface area contributed by atoms with Gasteiger partial charge < -0.3 is 19.5 Å². The molecule has 0 rings (SSSR count). The first-order valence-corrected chi connectivity index (χ1v) is 3.19. The number of carbonyl (C=O) groups is 1. The molecule has 0 spiro atoms. The number of hydrogen-bond acceptors (Lipinski definition) is 5. The molecule has 0 aromatic rings. The largest absolute Gasteiger partial charge is 1.00 e. The molecule has 0 aliphatic rings. The topological polar surface area (TPSA) is 100 Å². The third-order valence-electron chi connectivity index (χ3n) is 0.441. The molecule has 0 aliphatic heterocycles. The Morgan fingerprint density at radius 1 is 1.40 bits per heavy atom. The molecule has 5 nitrogen and oxygen atoms in total. The summed E-state index contributed by atoms with van der Waals surface area (Å²) < 4.78 is 9.52. The second kappa shape index (κ2) is 7.43. The number of aliphatic hydroxyl groups is 1. The average molecular weight is 184 g/mol. The third kappa shape index (κ3) is 7.88. The molecule has 0 radical (unpaired) electrons. The molecule has 0 amide bonds. The third-order valence-corrected chi connectivity index (χ3v) is 1.19. The molecule has 0 saturated carbocycles. The fourth-order valence-electron chi connectivity index (χ4n) is 0.0866. The molecule has 0 heterocycles. The van der Waals surface area contributed by atoms with Crippen LogP contribution in [0, 0.1) is 0 Å². The van der Waals surface area contributed by atoms with Gasteiger partial charge in [-0.2, -0.15) is 0 Å². The van der Waals surface area contributed by atoms with E-state index in [0.717, 1.165) is 0 Å². The quantitative estimate of drug-likeness (QED) is 0.339. The van der Waals surface area contributed by atoms with E-state index in [4.69, 9.17) is 5.11 Å². The van der Waals surface area contributed by atoms with Crippen molar-refractivity contribution in [2.45, 2.75) is 0 Å². The van der Waals surface area contributed by atoms with Gasteiger partial charge in [0.15, 0.2) is 5.52 Å². The van der Waals surface area contributed by atoms with Crippen molar-refractivity contribution in [2.75, 3.05) is 6.61 Å². The summed E-state index contributed by atoms with van der Waals surface area (Å²) in [6.07, 6.45) is 0. The molecule has 48 valence electrons. The summed E-state index contributed by atoms with van der Waals surface area (Å²) in [5.41, 5.74) is -1.67. The van der Waals surface area contributed by atoms with E-state index in [1.54, 1.807) is 0 Å². The van der Waals surface area contributed by atoms with Gasteiger partial charge in [0.2, 0.25) is 0 Å². The van der Waals surface area contributed by atoms with Gasteiger partial charge in [0, 0.05) is 7.60 Å². The van der Waals surface area contributed by atoms with Crippen LogP contribution in [0.5, 0.6) is 0 Å². The van der Waals surface area contributed by atoms with Crippen molar-refractivity contribution in [3.8, 4) is 0 Å². The fraction of sp³-hybridized carbons (Fsp3) is 0.500. The molecule has 8 heteroatoms. The predicted molar refractivity (Wildman–Crippen MR) is 19.7 cm³/mol. The molecule has 1 N–H and O–H groups in total. The summed E-state index contributed by atoms with van der Waals surface area (Å²) in [5, 5.41) is 7.75. The van der Waals surface area contributed by atoms with E-state index in [-0.39, 0.29) is 59.1 Å². The molecule has 0 aromatic carbocycles. The Morgan fingerprint density at radius 2 is 1.70 bits per heavy atom. The minimum atomic E-state index is -5.15. The number of rotatable bonds is 2. The Morgan fingerprint density at radius 3 is 1.70 bits per heavy atom. The van der Waals surface area contributed by atoms with Gasteiger partial charge in [-0.3, -0.25) is 4.79 Å². The zero-order chi connectivity index (χ0) is 6.78. The zero-order valence-corrected chi connectivity index (χ0v) is 10.6. The first-order chi connectivity index (χ1) is 3.48. The van der Waals surface area contributed by atoms with Crippen molar-refractivity contribution in [3.05, 3.63) is 0 Å². The second-order valence-corrected chi connectivity index (χ2v) is 2.54. The maximum absolute atomic E-state index is 9.70. The average Bonchev–Trinajstić information content (AvgIpc) is 1.62. The zero-order valence-electron chi connectivity index (χ0n) is 5.73. The van der Waals surface area contributed by atoms with Crippen molar-refractivity contribution >= 4 is 13.1 Å². The minimum Gasteiger partial charge on any atom is -0.805 e. The van der Waals surface area contributed by atoms with Crippen molar-refractivity contribution in [3.63, 3.8) is 0 Å². The van der Waals surface area contributed by atoms with Crippen molar-refractivity contribution in [1.82, 2.24) is 0 Å². The van der Waals surface area contributed by atoms with E-state index in [2.05, 4.69) is 0 Å². The molecule has 0 unspecified atom stereocenters. The van der Waals surface area contributed by atoms with Gasteiger partial charge in [0.25, 0.3) is 0 Å². The summed E-state index contributed by atoms with van der Waals surface area (Å²) >= 11 is 0. The van der Waals surface area contributed by atoms with Crippen LogP contribution in [-0.2, 0) is 9.36 Å². The maximum atomic E-state index is 9.70. The van der Waals surface area contributed by atoms with E-state index in [1.807, 2.05) is 0 Å². The molecule has 0 bridgehead atoms. The van der Waals surface area contributed by atoms with E-state index in [9.17, 15) is 19.1 Å². The Hall–Kier alpha value is 1.78. The van der Waals surface area contributed by atoms with Crippen LogP contribution in [0.25, 0.3) is 0 Å². The van der Waals surface area contributed by atoms with E-state index < -0.39 is 19.7 Å². The Kier molecular flexibility index (Phi) is 13.2. The van der Waals surface area contributed by atoms with Crippen LogP contribution in [0.3, 0.4) is 0 Å². The van der Waals surface area contributed by atoms with Crippen LogP contribution in [0.2, 0.25) is 0 Å². The maximum Gasteiger partial charge on any atom is 1.00 e. The van der Waals surface area contributed by atoms with Gasteiger partial charge in [0.05, 0.1) is 0 Å². The van der Waals surface area contributed by atoms with Crippen molar-refractivity contribution in [1.29, 1.82) is 0 Å². The smallest absolute Gasteiger partial charge is 0.805 e. The monoisotopic (exact) mass is 184 g/mol. The SMILES string of the molecule is O=C(CO)P(=O)([O-])[O-].[Na+].[Na+]. The summed E-state index contributed by atoms with van der Waals surface area (Å²) in [6, 6.07) is 0. The van der Waals surface area contributed by atoms with E-state index in [1.165, 1.54) is 0 Å². The van der Waals surface area contributed by atoms with Gasteiger partial charge in [-0.25, -0.2) is 0 Å². The van der Waals surface area contributed by atoms with Crippen LogP contribution in [-0.4, -0.2) is 17.2 Å². The van der Waals surface area contributed by atoms with Crippen LogP contribution in [0.1, 0.15) is 0 Å². The summed E-state index contributed by atoms with van der Waals surface area (Å²) in [5.74, 6) is 0. The Bertz CT molecular complexity index is 141. The summed E-state index contributed by atoms with van der Waals surface area (Å²) in [7, 11) is -5.15. The minimum absolute atomic E-state index is 0. The molecule has 0 aliphatic carbocycles. The van der Waals surface area contributed by atoms with Crippen LogP contribution in [0.4, 0.5) is 0 Å². The Labute approximate surface area is 102 Å². The van der Waals surface area contributed by atoms with Gasteiger partial charge >= 0.3 is 59.1 Å². The molecule has 0 saturated heterocycles. The van der Waals surface area contributed by atoms with Gasteiger partial charge in [-0.1, -0.05) is 0 Å². The fourth-order valence-corrected chi connectivity index (χ4v) is 0.260. The summed E-state index contributed by atoms with van der Waals surface area (Å²) in [6.45, 7) is -1.23. The Balaban J connectivity index is -0.000000245. The molecular formula is C2H3Na2O5P. The van der Waals surface area contributed by atoms with Gasteiger partial charge in [0.1, 0.15) is 6.61 Å². The summed E-state index contributed by atoms with van der Waals surface area (Å²) in [4.78, 5) is 28.7. The van der Waals surface area contributed by atoms with Gasteiger partial charge in [-0.05, 0) is 0 Å². The van der Waals surface area contributed by atoms with Crippen molar-refractivity contribution < 1.29 is 83.4 Å². The molecule has 0 atom stereocenters. The number of aliphatic hydroxyl groups excluding tert-OH is 1. The van der Waals surface area contributed by atoms with E-state index >= 15 is 0 Å². The van der Waals surface area contributed by atoms with Crippen LogP contribution in [0.15, 0.2) is 0 Å². The molecule has 10 heavy (non-hydrogen) atoms. The van der Waals surface area contributed by atoms with E-state index in [0.29, 0.717) is 0 Å². The number of carbonyl (C=O) groups excluding carboxylic acids is 1. The van der Waals surface area contributed by atoms with Crippen LogP contribution >= 0.6 is 7.60 Å². The first kappa shape index (κ1) is 17.8. The molecular weight excluding hydrogens is 181 g/mol. The number of hydrogen-bond donors (Lipinski definition) is 1. The second-order valence-electron chi connectivity index (χ2n) is 1.05. The van der Waals surface area contributed by atoms with Gasteiger partial charge in [-0.15, -0.1) is 0 Å².